The Labute approximate surface area is 142 Å². The normalized spacial score (nSPS) is 21.7. The number of aromatic nitrogens is 2. The molecule has 2 aromatic rings. The molecular formula is C18H24N4O2. The van der Waals surface area contributed by atoms with E-state index in [-0.39, 0.29) is 24.0 Å². The summed E-state index contributed by atoms with van der Waals surface area (Å²) in [5, 5.41) is 10.3. The first-order valence-electron chi connectivity index (χ1n) is 8.23. The number of amides is 1. The van der Waals surface area contributed by atoms with Crippen LogP contribution in [0.1, 0.15) is 36.9 Å². The molecule has 4 unspecified atom stereocenters. The summed E-state index contributed by atoms with van der Waals surface area (Å²) in [6.07, 6.45) is 3.48. The number of carbonyl (C=O) groups excluding carboxylic acids is 1. The molecule has 24 heavy (non-hydrogen) atoms. The van der Waals surface area contributed by atoms with Gasteiger partial charge in [-0.25, -0.2) is 0 Å². The van der Waals surface area contributed by atoms with Gasteiger partial charge in [0.15, 0.2) is 0 Å². The van der Waals surface area contributed by atoms with E-state index in [4.69, 9.17) is 4.74 Å². The quantitative estimate of drug-likeness (QED) is 0.877. The van der Waals surface area contributed by atoms with Gasteiger partial charge in [0, 0.05) is 30.3 Å². The topological polar surface area (TPSA) is 68.2 Å². The number of nitrogens with zero attached hydrogens (tertiary/aromatic N) is 2. The monoisotopic (exact) mass is 328 g/mol. The number of para-hydroxylation sites is 1. The van der Waals surface area contributed by atoms with E-state index in [1.165, 1.54) is 5.56 Å². The lowest BCUT2D eigenvalue weighted by Gasteiger charge is -2.26. The van der Waals surface area contributed by atoms with Crippen LogP contribution in [0, 0.1) is 0 Å². The first kappa shape index (κ1) is 16.5. The molecule has 0 saturated heterocycles. The second kappa shape index (κ2) is 6.65. The van der Waals surface area contributed by atoms with Crippen LogP contribution < -0.4 is 15.4 Å². The molecule has 0 spiro atoms. The number of benzene rings is 1. The van der Waals surface area contributed by atoms with Crippen LogP contribution in [0.25, 0.3) is 0 Å². The van der Waals surface area contributed by atoms with Crippen molar-refractivity contribution in [3.05, 3.63) is 47.8 Å². The zero-order valence-electron chi connectivity index (χ0n) is 14.5. The molecule has 6 nitrogen and oxygen atoms in total. The van der Waals surface area contributed by atoms with Crippen LogP contribution in [0.5, 0.6) is 5.75 Å². The van der Waals surface area contributed by atoms with Gasteiger partial charge in [0.1, 0.15) is 17.9 Å². The highest BCUT2D eigenvalue weighted by molar-refractivity contribution is 5.83. The van der Waals surface area contributed by atoms with E-state index in [0.29, 0.717) is 0 Å². The predicted molar refractivity (Wildman–Crippen MR) is 91.9 cm³/mol. The average Bonchev–Trinajstić information content (AvgIpc) is 3.13. The van der Waals surface area contributed by atoms with Crippen molar-refractivity contribution < 1.29 is 9.53 Å². The van der Waals surface area contributed by atoms with Crippen molar-refractivity contribution in [1.82, 2.24) is 20.4 Å². The number of hydrogen-bond donors (Lipinski definition) is 2. The minimum Gasteiger partial charge on any atom is -0.487 e. The van der Waals surface area contributed by atoms with Gasteiger partial charge in [0.25, 0.3) is 0 Å². The SMILES string of the molecule is CNC(C(=O)NC(C)C1Oc2ccccc2C1C)c1cnn(C)c1. The van der Waals surface area contributed by atoms with E-state index < -0.39 is 6.04 Å². The summed E-state index contributed by atoms with van der Waals surface area (Å²) in [6.45, 7) is 4.12. The van der Waals surface area contributed by atoms with Crippen LogP contribution in [0.2, 0.25) is 0 Å². The zero-order chi connectivity index (χ0) is 17.3. The molecule has 2 heterocycles. The molecule has 4 atom stereocenters. The van der Waals surface area contributed by atoms with Crippen LogP contribution in [-0.2, 0) is 11.8 Å². The lowest BCUT2D eigenvalue weighted by molar-refractivity contribution is -0.124. The summed E-state index contributed by atoms with van der Waals surface area (Å²) in [4.78, 5) is 12.7. The van der Waals surface area contributed by atoms with Gasteiger partial charge >= 0.3 is 0 Å². The number of nitrogens with one attached hydrogen (secondary N) is 2. The molecule has 0 radical (unpaired) electrons. The number of aryl methyl sites for hydroxylation is 1. The van der Waals surface area contributed by atoms with Gasteiger partial charge < -0.3 is 15.4 Å². The highest BCUT2D eigenvalue weighted by Crippen LogP contribution is 2.38. The maximum atomic E-state index is 12.7. The van der Waals surface area contributed by atoms with Crippen LogP contribution >= 0.6 is 0 Å². The first-order valence-corrected chi connectivity index (χ1v) is 8.23. The fourth-order valence-electron chi connectivity index (χ4n) is 3.35. The van der Waals surface area contributed by atoms with Gasteiger partial charge in [-0.3, -0.25) is 9.48 Å². The minimum absolute atomic E-state index is 0.0715. The van der Waals surface area contributed by atoms with Gasteiger partial charge in [0.2, 0.25) is 5.91 Å². The second-order valence-electron chi connectivity index (χ2n) is 6.38. The molecule has 1 amide bonds. The second-order valence-corrected chi connectivity index (χ2v) is 6.38. The maximum Gasteiger partial charge on any atom is 0.242 e. The van der Waals surface area contributed by atoms with Crippen LogP contribution in [0.3, 0.4) is 0 Å². The van der Waals surface area contributed by atoms with E-state index in [9.17, 15) is 4.79 Å². The molecular weight excluding hydrogens is 304 g/mol. The smallest absolute Gasteiger partial charge is 0.242 e. The molecule has 1 aliphatic rings. The van der Waals surface area contributed by atoms with Crippen molar-refractivity contribution in [3.8, 4) is 5.75 Å². The van der Waals surface area contributed by atoms with E-state index >= 15 is 0 Å². The molecule has 1 aromatic carbocycles. The fraction of sp³-hybridized carbons (Fsp3) is 0.444. The fourth-order valence-corrected chi connectivity index (χ4v) is 3.35. The summed E-state index contributed by atoms with van der Waals surface area (Å²) in [5.41, 5.74) is 2.04. The zero-order valence-corrected chi connectivity index (χ0v) is 14.5. The Balaban J connectivity index is 1.68. The lowest BCUT2D eigenvalue weighted by atomic mass is 9.93. The molecule has 0 aliphatic carbocycles. The van der Waals surface area contributed by atoms with E-state index in [2.05, 4.69) is 28.7 Å². The van der Waals surface area contributed by atoms with Crippen LogP contribution in [0.15, 0.2) is 36.7 Å². The molecule has 0 saturated carbocycles. The third kappa shape index (κ3) is 3.01. The first-order chi connectivity index (χ1) is 11.5. The number of ether oxygens (including phenoxy) is 1. The number of likely N-dealkylation sites (N-methyl/N-ethyl adjacent to an activating group) is 1. The lowest BCUT2D eigenvalue weighted by Crippen LogP contribution is -2.47. The average molecular weight is 328 g/mol. The summed E-state index contributed by atoms with van der Waals surface area (Å²) in [5.74, 6) is 1.07. The number of hydrogen-bond acceptors (Lipinski definition) is 4. The summed E-state index contributed by atoms with van der Waals surface area (Å²) >= 11 is 0. The highest BCUT2D eigenvalue weighted by atomic mass is 16.5. The Hall–Kier alpha value is -2.34. The van der Waals surface area contributed by atoms with E-state index in [0.717, 1.165) is 11.3 Å². The van der Waals surface area contributed by atoms with Crippen molar-refractivity contribution in [1.29, 1.82) is 0 Å². The molecule has 0 bridgehead atoms. The summed E-state index contributed by atoms with van der Waals surface area (Å²) in [7, 11) is 3.61. The number of rotatable bonds is 5. The van der Waals surface area contributed by atoms with Crippen molar-refractivity contribution in [2.24, 2.45) is 7.05 Å². The van der Waals surface area contributed by atoms with Crippen molar-refractivity contribution >= 4 is 5.91 Å². The molecule has 1 aliphatic heterocycles. The van der Waals surface area contributed by atoms with E-state index in [1.54, 1.807) is 17.9 Å². The van der Waals surface area contributed by atoms with Crippen molar-refractivity contribution in [2.75, 3.05) is 7.05 Å². The standard InChI is InChI=1S/C18H24N4O2/c1-11-14-7-5-6-8-15(14)24-17(11)12(2)21-18(23)16(19-3)13-9-20-22(4)10-13/h5-12,16-17,19H,1-4H3,(H,21,23). The third-order valence-corrected chi connectivity index (χ3v) is 4.64. The van der Waals surface area contributed by atoms with Crippen LogP contribution in [0.4, 0.5) is 0 Å². The maximum absolute atomic E-state index is 12.7. The van der Waals surface area contributed by atoms with Gasteiger partial charge in [0.05, 0.1) is 12.2 Å². The molecule has 2 N–H and O–H groups in total. The minimum atomic E-state index is -0.430. The van der Waals surface area contributed by atoms with Gasteiger partial charge in [-0.1, -0.05) is 25.1 Å². The summed E-state index contributed by atoms with van der Waals surface area (Å²) < 4.78 is 7.74. The molecule has 1 aromatic heterocycles. The predicted octanol–water partition coefficient (Wildman–Crippen LogP) is 1.75. The molecule has 6 heteroatoms. The Morgan fingerprint density at radius 3 is 2.75 bits per heavy atom. The third-order valence-electron chi connectivity index (χ3n) is 4.64. The van der Waals surface area contributed by atoms with Crippen LogP contribution in [-0.4, -0.2) is 34.9 Å². The molecule has 0 fully saturated rings. The van der Waals surface area contributed by atoms with Gasteiger partial charge in [-0.15, -0.1) is 0 Å². The number of carbonyl (C=O) groups is 1. The van der Waals surface area contributed by atoms with Gasteiger partial charge in [-0.2, -0.15) is 5.10 Å². The molecule has 3 rings (SSSR count). The van der Waals surface area contributed by atoms with Crippen molar-refractivity contribution in [3.63, 3.8) is 0 Å². The van der Waals surface area contributed by atoms with E-state index in [1.807, 2.05) is 38.4 Å². The Morgan fingerprint density at radius 1 is 1.38 bits per heavy atom. The molecule has 128 valence electrons. The Morgan fingerprint density at radius 2 is 2.12 bits per heavy atom. The van der Waals surface area contributed by atoms with Crippen molar-refractivity contribution in [2.45, 2.75) is 38.0 Å². The van der Waals surface area contributed by atoms with Gasteiger partial charge in [-0.05, 0) is 20.0 Å². The Kier molecular flexibility index (Phi) is 4.57. The highest BCUT2D eigenvalue weighted by Gasteiger charge is 2.36. The largest absolute Gasteiger partial charge is 0.487 e. The summed E-state index contributed by atoms with van der Waals surface area (Å²) in [6, 6.07) is 7.51. The Bertz CT molecular complexity index is 727. The number of fused-ring (bicyclic) bond motifs is 1.